The molecule has 1 saturated carbocycles. The Morgan fingerprint density at radius 2 is 2.00 bits per heavy atom. The van der Waals surface area contributed by atoms with E-state index in [2.05, 4.69) is 0 Å². The summed E-state index contributed by atoms with van der Waals surface area (Å²) >= 11 is 0. The fraction of sp³-hybridized carbons (Fsp3) is 0.625. The molecule has 5 heteroatoms. The quantitative estimate of drug-likeness (QED) is 0.891. The number of nitrogens with zero attached hydrogens (tertiary/aromatic N) is 1. The average molecular weight is 300 g/mol. The fourth-order valence-electron chi connectivity index (χ4n) is 2.66. The smallest absolute Gasteiger partial charge is 0.371 e. The van der Waals surface area contributed by atoms with E-state index in [1.165, 1.54) is 6.07 Å². The molecule has 1 aromatic rings. The van der Waals surface area contributed by atoms with Crippen LogP contribution in [0.3, 0.4) is 0 Å². The fourth-order valence-corrected chi connectivity index (χ4v) is 2.66. The van der Waals surface area contributed by atoms with Crippen molar-refractivity contribution in [2.75, 3.05) is 11.9 Å². The van der Waals surface area contributed by atoms with Gasteiger partial charge in [0.2, 0.25) is 0 Å². The normalized spacial score (nSPS) is 17.4. The summed E-state index contributed by atoms with van der Waals surface area (Å²) in [6.07, 6.45) is -0.0654. The molecule has 1 aromatic carbocycles. The Kier molecular flexibility index (Phi) is 4.81. The van der Waals surface area contributed by atoms with Crippen LogP contribution < -0.4 is 10.6 Å². The first-order valence-corrected chi connectivity index (χ1v) is 7.51. The number of anilines is 1. The van der Waals surface area contributed by atoms with Crippen molar-refractivity contribution in [3.63, 3.8) is 0 Å². The van der Waals surface area contributed by atoms with E-state index in [1.54, 1.807) is 24.1 Å². The largest absolute Gasteiger partial charge is 0.418 e. The van der Waals surface area contributed by atoms with E-state index in [4.69, 9.17) is 5.73 Å². The Morgan fingerprint density at radius 1 is 1.33 bits per heavy atom. The zero-order valence-corrected chi connectivity index (χ0v) is 12.6. The van der Waals surface area contributed by atoms with Crippen LogP contribution >= 0.6 is 0 Å². The van der Waals surface area contributed by atoms with Crippen LogP contribution in [-0.4, -0.2) is 19.1 Å². The molecule has 1 aliphatic carbocycles. The first-order valence-electron chi connectivity index (χ1n) is 7.51. The van der Waals surface area contributed by atoms with Crippen LogP contribution in [0.15, 0.2) is 18.2 Å². The molecule has 0 radical (unpaired) electrons. The standard InChI is InChI=1S/C16H23F3N2/c1-3-12(20)9-11-7-8-15(14(10-11)16(17,18)19)21(2)13-5-4-6-13/h7-8,10,12-13H,3-6,9,20H2,1-2H3. The van der Waals surface area contributed by atoms with Crippen LogP contribution in [0.25, 0.3) is 0 Å². The zero-order chi connectivity index (χ0) is 15.6. The van der Waals surface area contributed by atoms with Crippen molar-refractivity contribution in [3.8, 4) is 0 Å². The first-order chi connectivity index (χ1) is 9.82. The molecular formula is C16H23F3N2. The van der Waals surface area contributed by atoms with Gasteiger partial charge < -0.3 is 10.6 Å². The second-order valence-electron chi connectivity index (χ2n) is 5.92. The van der Waals surface area contributed by atoms with E-state index in [1.807, 2.05) is 6.92 Å². The number of nitrogens with two attached hydrogens (primary N) is 1. The lowest BCUT2D eigenvalue weighted by Gasteiger charge is -2.37. The minimum absolute atomic E-state index is 0.0960. The second kappa shape index (κ2) is 6.26. The highest BCUT2D eigenvalue weighted by Gasteiger charge is 2.36. The van der Waals surface area contributed by atoms with Crippen LogP contribution in [0.2, 0.25) is 0 Å². The highest BCUT2D eigenvalue weighted by molar-refractivity contribution is 5.57. The van der Waals surface area contributed by atoms with Crippen molar-refractivity contribution < 1.29 is 13.2 Å². The molecule has 0 amide bonds. The molecule has 0 aliphatic heterocycles. The van der Waals surface area contributed by atoms with Gasteiger partial charge >= 0.3 is 6.18 Å². The van der Waals surface area contributed by atoms with Crippen LogP contribution in [0.1, 0.15) is 43.7 Å². The molecule has 1 aliphatic rings. The Balaban J connectivity index is 2.31. The summed E-state index contributed by atoms with van der Waals surface area (Å²) < 4.78 is 40.0. The van der Waals surface area contributed by atoms with Crippen molar-refractivity contribution in [3.05, 3.63) is 29.3 Å². The van der Waals surface area contributed by atoms with Crippen LogP contribution in [0.5, 0.6) is 0 Å². The Bertz CT molecular complexity index is 481. The SMILES string of the molecule is CCC(N)Cc1ccc(N(C)C2CCC2)c(C(F)(F)F)c1. The summed E-state index contributed by atoms with van der Waals surface area (Å²) in [5, 5.41) is 0. The lowest BCUT2D eigenvalue weighted by Crippen LogP contribution is -2.38. The molecular weight excluding hydrogens is 277 g/mol. The molecule has 1 atom stereocenters. The lowest BCUT2D eigenvalue weighted by atomic mass is 9.90. The summed E-state index contributed by atoms with van der Waals surface area (Å²) in [6, 6.07) is 4.77. The summed E-state index contributed by atoms with van der Waals surface area (Å²) in [7, 11) is 1.76. The maximum atomic E-state index is 13.3. The van der Waals surface area contributed by atoms with Gasteiger partial charge in [-0.3, -0.25) is 0 Å². The molecule has 0 aromatic heterocycles. The first kappa shape index (κ1) is 16.1. The monoisotopic (exact) mass is 300 g/mol. The Morgan fingerprint density at radius 3 is 2.48 bits per heavy atom. The molecule has 2 nitrogen and oxygen atoms in total. The van der Waals surface area contributed by atoms with Crippen molar-refractivity contribution in [1.82, 2.24) is 0 Å². The van der Waals surface area contributed by atoms with E-state index in [-0.39, 0.29) is 17.8 Å². The maximum Gasteiger partial charge on any atom is 0.418 e. The number of rotatable bonds is 5. The van der Waals surface area contributed by atoms with E-state index in [0.29, 0.717) is 12.0 Å². The predicted molar refractivity (Wildman–Crippen MR) is 79.5 cm³/mol. The van der Waals surface area contributed by atoms with Gasteiger partial charge in [0.25, 0.3) is 0 Å². The van der Waals surface area contributed by atoms with Crippen molar-refractivity contribution in [2.24, 2.45) is 5.73 Å². The zero-order valence-electron chi connectivity index (χ0n) is 12.6. The minimum atomic E-state index is -4.33. The second-order valence-corrected chi connectivity index (χ2v) is 5.92. The van der Waals surface area contributed by atoms with Crippen LogP contribution in [0, 0.1) is 0 Å². The van der Waals surface area contributed by atoms with Gasteiger partial charge in [-0.05, 0) is 49.8 Å². The summed E-state index contributed by atoms with van der Waals surface area (Å²) in [5.41, 5.74) is 6.24. The number of halogens is 3. The third kappa shape index (κ3) is 3.70. The molecule has 118 valence electrons. The number of hydrogen-bond donors (Lipinski definition) is 1. The van der Waals surface area contributed by atoms with E-state index < -0.39 is 11.7 Å². The highest BCUT2D eigenvalue weighted by Crippen LogP contribution is 2.39. The molecule has 1 fully saturated rings. The van der Waals surface area contributed by atoms with Gasteiger partial charge in [0.1, 0.15) is 0 Å². The van der Waals surface area contributed by atoms with Gasteiger partial charge in [-0.1, -0.05) is 13.0 Å². The van der Waals surface area contributed by atoms with Crippen molar-refractivity contribution >= 4 is 5.69 Å². The van der Waals surface area contributed by atoms with Crippen LogP contribution in [-0.2, 0) is 12.6 Å². The number of hydrogen-bond acceptors (Lipinski definition) is 2. The van der Waals surface area contributed by atoms with Gasteiger partial charge in [0, 0.05) is 24.8 Å². The minimum Gasteiger partial charge on any atom is -0.371 e. The maximum absolute atomic E-state index is 13.3. The third-order valence-electron chi connectivity index (χ3n) is 4.39. The van der Waals surface area contributed by atoms with Gasteiger partial charge in [0.05, 0.1) is 5.56 Å². The van der Waals surface area contributed by atoms with Gasteiger partial charge in [-0.25, -0.2) is 0 Å². The highest BCUT2D eigenvalue weighted by atomic mass is 19.4. The van der Waals surface area contributed by atoms with Gasteiger partial charge in [0.15, 0.2) is 0 Å². The molecule has 1 unspecified atom stereocenters. The molecule has 0 saturated heterocycles. The lowest BCUT2D eigenvalue weighted by molar-refractivity contribution is -0.137. The topological polar surface area (TPSA) is 29.3 Å². The summed E-state index contributed by atoms with van der Waals surface area (Å²) in [5.74, 6) is 0. The van der Waals surface area contributed by atoms with Crippen molar-refractivity contribution in [2.45, 2.75) is 57.3 Å². The van der Waals surface area contributed by atoms with Gasteiger partial charge in [-0.2, -0.15) is 13.2 Å². The van der Waals surface area contributed by atoms with E-state index >= 15 is 0 Å². The molecule has 2 N–H and O–H groups in total. The average Bonchev–Trinajstić information content (AvgIpc) is 2.35. The van der Waals surface area contributed by atoms with E-state index in [9.17, 15) is 13.2 Å². The molecule has 0 heterocycles. The molecule has 2 rings (SSSR count). The Hall–Kier alpha value is -1.23. The van der Waals surface area contributed by atoms with E-state index in [0.717, 1.165) is 25.7 Å². The summed E-state index contributed by atoms with van der Waals surface area (Å²) in [6.45, 7) is 1.94. The predicted octanol–water partition coefficient (Wildman–Crippen LogP) is 3.97. The third-order valence-corrected chi connectivity index (χ3v) is 4.39. The van der Waals surface area contributed by atoms with Gasteiger partial charge in [-0.15, -0.1) is 0 Å². The molecule has 0 bridgehead atoms. The Labute approximate surface area is 124 Å². The molecule has 0 spiro atoms. The number of benzene rings is 1. The van der Waals surface area contributed by atoms with Crippen molar-refractivity contribution in [1.29, 1.82) is 0 Å². The van der Waals surface area contributed by atoms with Crippen LogP contribution in [0.4, 0.5) is 18.9 Å². The summed E-state index contributed by atoms with van der Waals surface area (Å²) in [4.78, 5) is 1.77. The molecule has 21 heavy (non-hydrogen) atoms. The number of alkyl halides is 3.